The van der Waals surface area contributed by atoms with E-state index in [9.17, 15) is 22.4 Å². The van der Waals surface area contributed by atoms with Crippen molar-refractivity contribution < 1.29 is 21.9 Å². The van der Waals surface area contributed by atoms with Crippen LogP contribution in [-0.4, -0.2) is 24.6 Å². The van der Waals surface area contributed by atoms with Crippen LogP contribution >= 0.6 is 0 Å². The van der Waals surface area contributed by atoms with Crippen LogP contribution in [0, 0.1) is 61.6 Å². The molecule has 0 unspecified atom stereocenters. The first-order chi connectivity index (χ1) is 17.8. The highest BCUT2D eigenvalue weighted by Gasteiger charge is 2.71. The monoisotopic (exact) mass is 507 g/mol. The molecule has 7 atom stereocenters. The largest absolute Gasteiger partial charge is 0.469 e. The molecule has 3 fully saturated rings. The molecular weight excluding hydrogens is 462 g/mol. The zero-order chi connectivity index (χ0) is 29.2. The van der Waals surface area contributed by atoms with Gasteiger partial charge in [-0.2, -0.15) is 5.26 Å². The second kappa shape index (κ2) is 7.67. The van der Waals surface area contributed by atoms with Gasteiger partial charge in [-0.15, -0.1) is 0 Å². The predicted octanol–water partition coefficient (Wildman–Crippen LogP) is 6.38. The molecular formula is C32H43NO4. The van der Waals surface area contributed by atoms with Gasteiger partial charge in [0.15, 0.2) is 11.6 Å². The van der Waals surface area contributed by atoms with Crippen molar-refractivity contribution in [2.24, 2.45) is 50.2 Å². The number of fused-ring (bicyclic) bond motifs is 7. The fourth-order valence-corrected chi connectivity index (χ4v) is 9.68. The number of rotatable bonds is 1. The molecule has 0 N–H and O–H groups in total. The molecule has 0 aromatic rings. The minimum atomic E-state index is -1.77. The number of carbonyl (C=O) groups excluding carboxylic acids is 3. The molecule has 5 nitrogen and oxygen atoms in total. The molecule has 5 aliphatic carbocycles. The van der Waals surface area contributed by atoms with E-state index in [-0.39, 0.29) is 23.1 Å². The van der Waals surface area contributed by atoms with Crippen LogP contribution < -0.4 is 0 Å². The molecule has 0 spiro atoms. The van der Waals surface area contributed by atoms with Gasteiger partial charge < -0.3 is 4.74 Å². The van der Waals surface area contributed by atoms with Crippen molar-refractivity contribution in [2.75, 3.05) is 7.11 Å². The first kappa shape index (κ1) is 23.9. The van der Waals surface area contributed by atoms with E-state index in [1.807, 2.05) is 33.8 Å². The van der Waals surface area contributed by atoms with Gasteiger partial charge in [0.2, 0.25) is 0 Å². The number of hydrogen-bond donors (Lipinski definition) is 0. The number of ketones is 2. The zero-order valence-corrected chi connectivity index (χ0v) is 23.7. The summed E-state index contributed by atoms with van der Waals surface area (Å²) in [6.45, 7) is 14.1. The number of esters is 1. The molecule has 37 heavy (non-hydrogen) atoms. The molecule has 0 aliphatic heterocycles. The van der Waals surface area contributed by atoms with Crippen LogP contribution in [-0.2, 0) is 19.1 Å². The Bertz CT molecular complexity index is 1290. The van der Waals surface area contributed by atoms with Gasteiger partial charge in [-0.3, -0.25) is 14.4 Å². The number of Topliss-reactive ketones (excluding diaryl/α,β-unsaturated/α-hetero) is 1. The Morgan fingerprint density at radius 1 is 1.05 bits per heavy atom. The highest BCUT2D eigenvalue weighted by atomic mass is 16.5. The number of allylic oxidation sites excluding steroid dienone is 4. The van der Waals surface area contributed by atoms with E-state index in [0.717, 1.165) is 18.4 Å². The van der Waals surface area contributed by atoms with E-state index < -0.39 is 56.7 Å². The van der Waals surface area contributed by atoms with Crippen molar-refractivity contribution in [3.05, 3.63) is 23.3 Å². The Morgan fingerprint density at radius 2 is 1.70 bits per heavy atom. The van der Waals surface area contributed by atoms with Crippen LogP contribution in [0.5, 0.6) is 0 Å². The van der Waals surface area contributed by atoms with Gasteiger partial charge in [-0.25, -0.2) is 0 Å². The minimum Gasteiger partial charge on any atom is -0.469 e. The highest BCUT2D eigenvalue weighted by molar-refractivity contribution is 6.04. The third kappa shape index (κ3) is 3.11. The fourth-order valence-electron chi connectivity index (χ4n) is 9.68. The Morgan fingerprint density at radius 3 is 2.32 bits per heavy atom. The summed E-state index contributed by atoms with van der Waals surface area (Å²) in [6, 6.07) is 2.13. The normalized spacial score (nSPS) is 47.8. The summed E-state index contributed by atoms with van der Waals surface area (Å²) in [4.78, 5) is 41.2. The topological polar surface area (TPSA) is 84.2 Å². The Labute approximate surface area is 224 Å². The SMILES string of the molecule is [2H]C1([2H])[C@H]2[C@H]3C(=O)C=C4[C@@]5(C)C=C(C#N)C(=O)C(C)(C)[C@@H]5CC[C@@]4(C)[C@]3(C)CC[C@@]2(C(=O)OC)CCC1(C)C. The summed E-state index contributed by atoms with van der Waals surface area (Å²) in [6.07, 6.45) is 5.45. The Hall–Kier alpha value is -2.22. The lowest BCUT2D eigenvalue weighted by molar-refractivity contribution is -0.191. The Kier molecular flexibility index (Phi) is 4.95. The van der Waals surface area contributed by atoms with Gasteiger partial charge in [-0.1, -0.05) is 60.1 Å². The lowest BCUT2D eigenvalue weighted by atomic mass is 9.34. The first-order valence-electron chi connectivity index (χ1n) is 14.8. The maximum atomic E-state index is 14.5. The molecule has 200 valence electrons. The van der Waals surface area contributed by atoms with Crippen molar-refractivity contribution in [2.45, 2.75) is 93.4 Å². The van der Waals surface area contributed by atoms with Gasteiger partial charge in [0.05, 0.1) is 18.1 Å². The molecule has 0 bridgehead atoms. The molecule has 3 saturated carbocycles. The van der Waals surface area contributed by atoms with Crippen LogP contribution in [0.2, 0.25) is 0 Å². The molecule has 0 saturated heterocycles. The van der Waals surface area contributed by atoms with Crippen LogP contribution in [0.1, 0.15) is 96.1 Å². The van der Waals surface area contributed by atoms with E-state index in [4.69, 9.17) is 4.74 Å². The van der Waals surface area contributed by atoms with Crippen molar-refractivity contribution in [3.8, 4) is 6.07 Å². The fraction of sp³-hybridized carbons (Fsp3) is 0.750. The van der Waals surface area contributed by atoms with Crippen molar-refractivity contribution in [1.82, 2.24) is 0 Å². The zero-order valence-electron chi connectivity index (χ0n) is 25.7. The van der Waals surface area contributed by atoms with Crippen molar-refractivity contribution in [3.63, 3.8) is 0 Å². The molecule has 0 radical (unpaired) electrons. The lowest BCUT2D eigenvalue weighted by Gasteiger charge is -2.68. The number of nitrogens with zero attached hydrogens (tertiary/aromatic N) is 1. The van der Waals surface area contributed by atoms with Crippen LogP contribution in [0.15, 0.2) is 23.3 Å². The maximum absolute atomic E-state index is 14.5. The molecule has 5 aliphatic rings. The summed E-state index contributed by atoms with van der Waals surface area (Å²) in [7, 11) is 1.37. The number of nitriles is 1. The third-order valence-corrected chi connectivity index (χ3v) is 12.0. The summed E-state index contributed by atoms with van der Waals surface area (Å²) >= 11 is 0. The number of hydrogen-bond acceptors (Lipinski definition) is 5. The second-order valence-electron chi connectivity index (χ2n) is 14.4. The molecule has 0 aromatic heterocycles. The molecule has 5 rings (SSSR count). The summed E-state index contributed by atoms with van der Waals surface area (Å²) in [5, 5.41) is 9.88. The maximum Gasteiger partial charge on any atom is 0.312 e. The van der Waals surface area contributed by atoms with Gasteiger partial charge in [0.25, 0.3) is 0 Å². The molecule has 0 aromatic carbocycles. The van der Waals surface area contributed by atoms with Crippen molar-refractivity contribution in [1.29, 1.82) is 5.26 Å². The van der Waals surface area contributed by atoms with E-state index in [0.29, 0.717) is 25.7 Å². The summed E-state index contributed by atoms with van der Waals surface area (Å²) < 4.78 is 24.2. The number of carbonyl (C=O) groups is 3. The summed E-state index contributed by atoms with van der Waals surface area (Å²) in [5.74, 6) is -2.20. The van der Waals surface area contributed by atoms with E-state index >= 15 is 0 Å². The number of methoxy groups -OCH3 is 1. The van der Waals surface area contributed by atoms with E-state index in [2.05, 4.69) is 26.8 Å². The minimum absolute atomic E-state index is 0.0559. The summed E-state index contributed by atoms with van der Waals surface area (Å²) in [5.41, 5.74) is -3.09. The van der Waals surface area contributed by atoms with Gasteiger partial charge >= 0.3 is 5.97 Å². The average molecular weight is 508 g/mol. The molecule has 0 heterocycles. The Balaban J connectivity index is 1.76. The average Bonchev–Trinajstić information content (AvgIpc) is 2.85. The second-order valence-corrected chi connectivity index (χ2v) is 14.4. The van der Waals surface area contributed by atoms with E-state index in [1.54, 1.807) is 6.08 Å². The molecule has 5 heteroatoms. The van der Waals surface area contributed by atoms with Crippen LogP contribution in [0.3, 0.4) is 0 Å². The standard InChI is InChI=1S/C32H43NO4/c1-27(2)11-13-32(26(36)37-8)14-12-31(7)24(20(32)17-27)21(34)15-23-29(5)16-19(18-33)25(35)28(3,4)22(29)9-10-30(23,31)6/h15-16,20,22,24H,9-14,17H2,1-8H3/t20-,22-,24-,29-,30+,31+,32-/m0/s1/i17D2. The quantitative estimate of drug-likeness (QED) is 0.385. The number of ether oxygens (including phenoxy) is 1. The smallest absolute Gasteiger partial charge is 0.312 e. The van der Waals surface area contributed by atoms with Crippen molar-refractivity contribution >= 4 is 17.5 Å². The van der Waals surface area contributed by atoms with Crippen LogP contribution in [0.25, 0.3) is 0 Å². The van der Waals surface area contributed by atoms with Gasteiger partial charge in [0.1, 0.15) is 6.07 Å². The highest BCUT2D eigenvalue weighted by Crippen LogP contribution is 2.74. The van der Waals surface area contributed by atoms with Gasteiger partial charge in [0, 0.05) is 19.5 Å². The first-order valence-corrected chi connectivity index (χ1v) is 13.8. The third-order valence-electron chi connectivity index (χ3n) is 12.0. The predicted molar refractivity (Wildman–Crippen MR) is 141 cm³/mol. The molecule has 0 amide bonds. The lowest BCUT2D eigenvalue weighted by Crippen LogP contribution is -2.65. The van der Waals surface area contributed by atoms with E-state index in [1.165, 1.54) is 7.11 Å². The van der Waals surface area contributed by atoms with Crippen LogP contribution in [0.4, 0.5) is 0 Å². The van der Waals surface area contributed by atoms with Gasteiger partial charge in [-0.05, 0) is 79.1 Å².